The number of rotatable bonds is 6. The summed E-state index contributed by atoms with van der Waals surface area (Å²) in [5.41, 5.74) is 0. The van der Waals surface area contributed by atoms with Gasteiger partial charge in [-0.05, 0) is 7.05 Å². The first kappa shape index (κ1) is 11.7. The van der Waals surface area contributed by atoms with Crippen molar-refractivity contribution < 1.29 is 9.26 Å². The summed E-state index contributed by atoms with van der Waals surface area (Å²) in [5.74, 6) is 1.64. The van der Waals surface area contributed by atoms with Crippen molar-refractivity contribution in [2.45, 2.75) is 12.5 Å². The van der Waals surface area contributed by atoms with Crippen molar-refractivity contribution in [1.29, 1.82) is 0 Å². The minimum absolute atomic E-state index is 0.157. The highest BCUT2D eigenvalue weighted by Crippen LogP contribution is 2.10. The zero-order valence-electron chi connectivity index (χ0n) is 9.80. The molecular formula is C10H15N5O2. The fraction of sp³-hybridized carbons (Fsp3) is 0.500. The molecule has 7 nitrogen and oxygen atoms in total. The quantitative estimate of drug-likeness (QED) is 0.748. The number of hydrogen-bond acceptors (Lipinski definition) is 6. The van der Waals surface area contributed by atoms with E-state index in [2.05, 4.69) is 25.4 Å². The fourth-order valence-electron chi connectivity index (χ4n) is 1.48. The molecule has 0 aromatic carbocycles. The van der Waals surface area contributed by atoms with Gasteiger partial charge < -0.3 is 19.6 Å². The van der Waals surface area contributed by atoms with Crippen LogP contribution in [0.5, 0.6) is 0 Å². The van der Waals surface area contributed by atoms with E-state index in [1.165, 1.54) is 0 Å². The fourth-order valence-corrected chi connectivity index (χ4v) is 1.48. The van der Waals surface area contributed by atoms with Gasteiger partial charge in [0.05, 0.1) is 6.61 Å². The van der Waals surface area contributed by atoms with E-state index in [0.29, 0.717) is 30.6 Å². The van der Waals surface area contributed by atoms with Crippen LogP contribution in [0.2, 0.25) is 0 Å². The number of aromatic amines is 1. The lowest BCUT2D eigenvalue weighted by Crippen LogP contribution is -2.32. The minimum Gasteiger partial charge on any atom is -0.383 e. The molecule has 2 aromatic rings. The van der Waals surface area contributed by atoms with Gasteiger partial charge in [-0.1, -0.05) is 5.16 Å². The lowest BCUT2D eigenvalue weighted by atomic mass is 10.2. The summed E-state index contributed by atoms with van der Waals surface area (Å²) in [7, 11) is 3.53. The number of likely N-dealkylation sites (N-methyl/N-ethyl adjacent to an activating group) is 1. The SMILES string of the molecule is CNC(COC)Cc1nc(-c2ncc[nH]2)no1. The molecule has 0 saturated carbocycles. The molecule has 1 unspecified atom stereocenters. The van der Waals surface area contributed by atoms with Crippen LogP contribution >= 0.6 is 0 Å². The largest absolute Gasteiger partial charge is 0.383 e. The van der Waals surface area contributed by atoms with E-state index < -0.39 is 0 Å². The number of H-pyrrole nitrogens is 1. The number of imidazole rings is 1. The third-order valence-electron chi connectivity index (χ3n) is 2.38. The van der Waals surface area contributed by atoms with Crippen molar-refractivity contribution in [2.24, 2.45) is 0 Å². The molecule has 2 heterocycles. The van der Waals surface area contributed by atoms with E-state index in [1.54, 1.807) is 19.5 Å². The summed E-state index contributed by atoms with van der Waals surface area (Å²) < 4.78 is 10.2. The van der Waals surface area contributed by atoms with Crippen LogP contribution in [0.1, 0.15) is 5.89 Å². The zero-order chi connectivity index (χ0) is 12.1. The Morgan fingerprint density at radius 3 is 3.12 bits per heavy atom. The van der Waals surface area contributed by atoms with Crippen molar-refractivity contribution in [3.8, 4) is 11.6 Å². The molecular weight excluding hydrogens is 222 g/mol. The van der Waals surface area contributed by atoms with E-state index in [1.807, 2.05) is 7.05 Å². The second kappa shape index (κ2) is 5.55. The van der Waals surface area contributed by atoms with Crippen molar-refractivity contribution in [3.63, 3.8) is 0 Å². The number of nitrogens with zero attached hydrogens (tertiary/aromatic N) is 3. The van der Waals surface area contributed by atoms with Crippen LogP contribution in [0.3, 0.4) is 0 Å². The van der Waals surface area contributed by atoms with Gasteiger partial charge in [0.15, 0.2) is 5.82 Å². The van der Waals surface area contributed by atoms with Crippen LogP contribution in [0.25, 0.3) is 11.6 Å². The topological polar surface area (TPSA) is 88.9 Å². The van der Waals surface area contributed by atoms with Gasteiger partial charge >= 0.3 is 0 Å². The first-order valence-electron chi connectivity index (χ1n) is 5.32. The van der Waals surface area contributed by atoms with Crippen molar-refractivity contribution in [2.75, 3.05) is 20.8 Å². The molecule has 2 rings (SSSR count). The smallest absolute Gasteiger partial charge is 0.238 e. The average molecular weight is 237 g/mol. The van der Waals surface area contributed by atoms with E-state index in [-0.39, 0.29) is 6.04 Å². The first-order valence-corrected chi connectivity index (χ1v) is 5.32. The normalized spacial score (nSPS) is 12.8. The standard InChI is InChI=1S/C10H15N5O2/c1-11-7(6-16-2)5-8-14-10(15-17-8)9-12-3-4-13-9/h3-4,7,11H,5-6H2,1-2H3,(H,12,13). The highest BCUT2D eigenvalue weighted by atomic mass is 16.5. The molecule has 92 valence electrons. The summed E-state index contributed by atoms with van der Waals surface area (Å²) in [6.45, 7) is 0.592. The lowest BCUT2D eigenvalue weighted by molar-refractivity contribution is 0.165. The van der Waals surface area contributed by atoms with Crippen molar-refractivity contribution in [3.05, 3.63) is 18.3 Å². The van der Waals surface area contributed by atoms with E-state index in [4.69, 9.17) is 9.26 Å². The van der Waals surface area contributed by atoms with E-state index in [9.17, 15) is 0 Å². The lowest BCUT2D eigenvalue weighted by Gasteiger charge is -2.11. The van der Waals surface area contributed by atoms with Gasteiger partial charge in [0, 0.05) is 32.0 Å². The van der Waals surface area contributed by atoms with Crippen LogP contribution in [0.15, 0.2) is 16.9 Å². The highest BCUT2D eigenvalue weighted by molar-refractivity contribution is 5.40. The summed E-state index contributed by atoms with van der Waals surface area (Å²) in [6, 6.07) is 0.157. The number of ether oxygens (including phenoxy) is 1. The molecule has 17 heavy (non-hydrogen) atoms. The van der Waals surface area contributed by atoms with Gasteiger partial charge in [0.25, 0.3) is 0 Å². The molecule has 0 fully saturated rings. The van der Waals surface area contributed by atoms with Crippen LogP contribution in [-0.2, 0) is 11.2 Å². The molecule has 0 bridgehead atoms. The molecule has 0 spiro atoms. The molecule has 0 radical (unpaired) electrons. The number of aromatic nitrogens is 4. The van der Waals surface area contributed by atoms with Gasteiger partial charge in [-0.3, -0.25) is 0 Å². The predicted octanol–water partition coefficient (Wildman–Crippen LogP) is 0.237. The van der Waals surface area contributed by atoms with E-state index >= 15 is 0 Å². The summed E-state index contributed by atoms with van der Waals surface area (Å²) in [5, 5.41) is 6.98. The molecule has 0 aliphatic rings. The maximum atomic E-state index is 5.15. The molecule has 0 amide bonds. The maximum Gasteiger partial charge on any atom is 0.238 e. The Hall–Kier alpha value is -1.73. The Morgan fingerprint density at radius 2 is 2.47 bits per heavy atom. The Labute approximate surface area is 98.6 Å². The van der Waals surface area contributed by atoms with Crippen molar-refractivity contribution in [1.82, 2.24) is 25.4 Å². The van der Waals surface area contributed by atoms with Gasteiger partial charge in [0.2, 0.25) is 11.7 Å². The third-order valence-corrected chi connectivity index (χ3v) is 2.38. The number of methoxy groups -OCH3 is 1. The monoisotopic (exact) mass is 237 g/mol. The van der Waals surface area contributed by atoms with E-state index in [0.717, 1.165) is 0 Å². The maximum absolute atomic E-state index is 5.15. The third kappa shape index (κ3) is 2.89. The van der Waals surface area contributed by atoms with Crippen LogP contribution in [0.4, 0.5) is 0 Å². The first-order chi connectivity index (χ1) is 8.33. The van der Waals surface area contributed by atoms with Crippen molar-refractivity contribution >= 4 is 0 Å². The predicted molar refractivity (Wildman–Crippen MR) is 60.3 cm³/mol. The minimum atomic E-state index is 0.157. The number of nitrogens with one attached hydrogen (secondary N) is 2. The number of hydrogen-bond donors (Lipinski definition) is 2. The zero-order valence-corrected chi connectivity index (χ0v) is 9.80. The molecule has 2 N–H and O–H groups in total. The van der Waals surface area contributed by atoms with Gasteiger partial charge in [-0.2, -0.15) is 4.98 Å². The molecule has 0 aliphatic carbocycles. The van der Waals surface area contributed by atoms with Crippen LogP contribution < -0.4 is 5.32 Å². The Morgan fingerprint density at radius 1 is 1.59 bits per heavy atom. The van der Waals surface area contributed by atoms with Crippen LogP contribution in [-0.4, -0.2) is 46.9 Å². The van der Waals surface area contributed by atoms with Gasteiger partial charge in [-0.25, -0.2) is 4.98 Å². The summed E-state index contributed by atoms with van der Waals surface area (Å²) >= 11 is 0. The Balaban J connectivity index is 2.03. The molecule has 2 aromatic heterocycles. The van der Waals surface area contributed by atoms with Gasteiger partial charge in [0.1, 0.15) is 0 Å². The molecule has 1 atom stereocenters. The van der Waals surface area contributed by atoms with Crippen LogP contribution in [0, 0.1) is 0 Å². The second-order valence-electron chi connectivity index (χ2n) is 3.59. The highest BCUT2D eigenvalue weighted by Gasteiger charge is 2.14. The molecule has 7 heteroatoms. The molecule has 0 saturated heterocycles. The summed E-state index contributed by atoms with van der Waals surface area (Å²) in [6.07, 6.45) is 3.98. The average Bonchev–Trinajstić information content (AvgIpc) is 2.98. The van der Waals surface area contributed by atoms with Gasteiger partial charge in [-0.15, -0.1) is 0 Å². The Bertz CT molecular complexity index is 439. The molecule has 0 aliphatic heterocycles. The second-order valence-corrected chi connectivity index (χ2v) is 3.59. The Kier molecular flexibility index (Phi) is 3.84. The summed E-state index contributed by atoms with van der Waals surface area (Å²) in [4.78, 5) is 11.2.